The molecule has 2 nitrogen and oxygen atoms in total. The van der Waals surface area contributed by atoms with Crippen molar-refractivity contribution >= 4 is 11.6 Å². The quantitative estimate of drug-likeness (QED) is 0.830. The summed E-state index contributed by atoms with van der Waals surface area (Å²) >= 11 is 5.29. The highest BCUT2D eigenvalue weighted by Gasteiger charge is 2.36. The van der Waals surface area contributed by atoms with Gasteiger partial charge in [0.25, 0.3) is 6.43 Å². The summed E-state index contributed by atoms with van der Waals surface area (Å²) in [4.78, 5) is 2.83. The molecule has 1 rings (SSSR count). The highest BCUT2D eigenvalue weighted by molar-refractivity contribution is 6.31. The monoisotopic (exact) mass is 260 g/mol. The Morgan fingerprint density at radius 2 is 1.94 bits per heavy atom. The smallest absolute Gasteiger partial charge is 0.326 e. The molecule has 0 spiro atoms. The first-order valence-electron chi connectivity index (χ1n) is 4.02. The predicted molar refractivity (Wildman–Crippen MR) is 47.1 cm³/mol. The van der Waals surface area contributed by atoms with Gasteiger partial charge in [-0.15, -0.1) is 0 Å². The van der Waals surface area contributed by atoms with Gasteiger partial charge in [-0.25, -0.2) is 13.8 Å². The van der Waals surface area contributed by atoms with E-state index in [9.17, 15) is 22.0 Å². The van der Waals surface area contributed by atoms with E-state index < -0.39 is 29.0 Å². The molecule has 90 valence electrons. The molecular weight excluding hydrogens is 255 g/mol. The average Bonchev–Trinajstić information content (AvgIpc) is 2.14. The fourth-order valence-electron chi connectivity index (χ4n) is 1.09. The normalized spacial score (nSPS) is 12.2. The molecule has 8 heteroatoms. The molecule has 0 atom stereocenters. The third-order valence-corrected chi connectivity index (χ3v) is 2.07. The van der Waals surface area contributed by atoms with Gasteiger partial charge in [0.05, 0.1) is 5.02 Å². The van der Waals surface area contributed by atoms with Crippen LogP contribution in [-0.2, 0) is 12.7 Å². The first-order chi connectivity index (χ1) is 7.27. The van der Waals surface area contributed by atoms with E-state index in [0.717, 1.165) is 6.07 Å². The lowest BCUT2D eigenvalue weighted by molar-refractivity contribution is -0.141. The van der Waals surface area contributed by atoms with Crippen molar-refractivity contribution in [3.8, 4) is 0 Å². The van der Waals surface area contributed by atoms with Crippen LogP contribution in [0.3, 0.4) is 0 Å². The summed E-state index contributed by atoms with van der Waals surface area (Å²) in [5.74, 6) is 0. The second-order valence-corrected chi connectivity index (χ2v) is 3.27. The topological polar surface area (TPSA) is 38.9 Å². The van der Waals surface area contributed by atoms with Gasteiger partial charge in [0.2, 0.25) is 0 Å². The van der Waals surface area contributed by atoms with Crippen molar-refractivity contribution in [2.24, 2.45) is 5.73 Å². The average molecular weight is 261 g/mol. The lowest BCUT2D eigenvalue weighted by Crippen LogP contribution is -2.14. The molecule has 0 bridgehead atoms. The van der Waals surface area contributed by atoms with Gasteiger partial charge < -0.3 is 5.73 Å². The second kappa shape index (κ2) is 4.50. The Labute approximate surface area is 92.2 Å². The molecule has 1 heterocycles. The fraction of sp³-hybridized carbons (Fsp3) is 0.375. The molecule has 0 saturated carbocycles. The Kier molecular flexibility index (Phi) is 3.69. The van der Waals surface area contributed by atoms with Gasteiger partial charge in [0.1, 0.15) is 5.69 Å². The van der Waals surface area contributed by atoms with E-state index in [4.69, 9.17) is 17.3 Å². The van der Waals surface area contributed by atoms with Crippen LogP contribution in [0.5, 0.6) is 0 Å². The first-order valence-corrected chi connectivity index (χ1v) is 4.40. The van der Waals surface area contributed by atoms with E-state index in [0.29, 0.717) is 0 Å². The van der Waals surface area contributed by atoms with Gasteiger partial charge >= 0.3 is 6.18 Å². The Morgan fingerprint density at radius 1 is 1.38 bits per heavy atom. The van der Waals surface area contributed by atoms with Crippen LogP contribution in [0.4, 0.5) is 22.0 Å². The molecule has 0 aliphatic rings. The van der Waals surface area contributed by atoms with Crippen molar-refractivity contribution in [2.75, 3.05) is 0 Å². The van der Waals surface area contributed by atoms with Gasteiger partial charge in [-0.05, 0) is 11.6 Å². The zero-order valence-corrected chi connectivity index (χ0v) is 8.41. The number of alkyl halides is 5. The maximum atomic E-state index is 12.4. The predicted octanol–water partition coefficient (Wildman–Crippen LogP) is 3.15. The molecule has 0 amide bonds. The molecule has 0 radical (unpaired) electrons. The van der Waals surface area contributed by atoms with E-state index in [1.165, 1.54) is 0 Å². The van der Waals surface area contributed by atoms with Gasteiger partial charge in [-0.2, -0.15) is 13.2 Å². The number of pyridine rings is 1. The van der Waals surface area contributed by atoms with Crippen LogP contribution < -0.4 is 5.73 Å². The van der Waals surface area contributed by atoms with Crippen LogP contribution >= 0.6 is 11.6 Å². The lowest BCUT2D eigenvalue weighted by atomic mass is 10.1. The summed E-state index contributed by atoms with van der Waals surface area (Å²) in [7, 11) is 0. The highest BCUT2D eigenvalue weighted by atomic mass is 35.5. The summed E-state index contributed by atoms with van der Waals surface area (Å²) in [5.41, 5.74) is 2.39. The molecular formula is C8H6ClF5N2. The maximum absolute atomic E-state index is 12.4. The van der Waals surface area contributed by atoms with E-state index in [2.05, 4.69) is 4.98 Å². The maximum Gasteiger partial charge on any atom is 0.434 e. The van der Waals surface area contributed by atoms with Gasteiger partial charge in [0.15, 0.2) is 5.69 Å². The molecule has 0 aliphatic heterocycles. The van der Waals surface area contributed by atoms with E-state index in [-0.39, 0.29) is 12.1 Å². The molecule has 0 aliphatic carbocycles. The summed E-state index contributed by atoms with van der Waals surface area (Å²) in [6, 6.07) is 0.763. The number of halogens is 6. The van der Waals surface area contributed by atoms with Gasteiger partial charge in [-0.1, -0.05) is 11.6 Å². The van der Waals surface area contributed by atoms with Crippen LogP contribution in [0.2, 0.25) is 5.02 Å². The molecule has 0 unspecified atom stereocenters. The van der Waals surface area contributed by atoms with Crippen LogP contribution in [0, 0.1) is 0 Å². The van der Waals surface area contributed by atoms with Crippen molar-refractivity contribution in [2.45, 2.75) is 19.1 Å². The van der Waals surface area contributed by atoms with Crippen molar-refractivity contribution in [1.82, 2.24) is 4.98 Å². The van der Waals surface area contributed by atoms with Crippen LogP contribution in [0.15, 0.2) is 6.07 Å². The largest absolute Gasteiger partial charge is 0.434 e. The number of nitrogens with zero attached hydrogens (tertiary/aromatic N) is 1. The van der Waals surface area contributed by atoms with E-state index >= 15 is 0 Å². The summed E-state index contributed by atoms with van der Waals surface area (Å²) in [6.45, 7) is -0.357. The van der Waals surface area contributed by atoms with Gasteiger partial charge in [-0.3, -0.25) is 0 Å². The van der Waals surface area contributed by atoms with Crippen LogP contribution in [0.25, 0.3) is 0 Å². The molecule has 1 aromatic rings. The Hall–Kier alpha value is -0.950. The molecule has 2 N–H and O–H groups in total. The second-order valence-electron chi connectivity index (χ2n) is 2.87. The minimum absolute atomic E-state index is 0.201. The SMILES string of the molecule is NCc1cc(Cl)c(C(F)(F)F)nc1C(F)F. The van der Waals surface area contributed by atoms with E-state index in [1.54, 1.807) is 0 Å². The minimum Gasteiger partial charge on any atom is -0.326 e. The van der Waals surface area contributed by atoms with Crippen LogP contribution in [0.1, 0.15) is 23.4 Å². The molecule has 0 aromatic carbocycles. The van der Waals surface area contributed by atoms with Crippen molar-refractivity contribution < 1.29 is 22.0 Å². The van der Waals surface area contributed by atoms with E-state index in [1.807, 2.05) is 0 Å². The number of hydrogen-bond donors (Lipinski definition) is 1. The Morgan fingerprint density at radius 3 is 2.31 bits per heavy atom. The molecule has 0 fully saturated rings. The lowest BCUT2D eigenvalue weighted by Gasteiger charge is -2.12. The van der Waals surface area contributed by atoms with Gasteiger partial charge in [0, 0.05) is 6.54 Å². The highest BCUT2D eigenvalue weighted by Crippen LogP contribution is 2.35. The first kappa shape index (κ1) is 13.1. The number of aromatic nitrogens is 1. The zero-order valence-electron chi connectivity index (χ0n) is 7.65. The molecule has 16 heavy (non-hydrogen) atoms. The molecule has 0 saturated heterocycles. The minimum atomic E-state index is -4.87. The number of rotatable bonds is 2. The van der Waals surface area contributed by atoms with Crippen molar-refractivity contribution in [3.63, 3.8) is 0 Å². The van der Waals surface area contributed by atoms with Crippen molar-refractivity contribution in [1.29, 1.82) is 0 Å². The number of hydrogen-bond acceptors (Lipinski definition) is 2. The summed E-state index contributed by atoms with van der Waals surface area (Å²) < 4.78 is 61.7. The Bertz CT molecular complexity index is 391. The zero-order chi connectivity index (χ0) is 12.5. The fourth-order valence-corrected chi connectivity index (χ4v) is 1.37. The Balaban J connectivity index is 3.39. The van der Waals surface area contributed by atoms with Crippen molar-refractivity contribution in [3.05, 3.63) is 28.0 Å². The summed E-state index contributed by atoms with van der Waals surface area (Å²) in [5, 5.41) is -0.739. The third kappa shape index (κ3) is 2.59. The third-order valence-electron chi connectivity index (χ3n) is 1.78. The summed E-state index contributed by atoms with van der Waals surface area (Å²) in [6.07, 6.45) is -8.00. The molecule has 1 aromatic heterocycles. The van der Waals surface area contributed by atoms with Crippen LogP contribution in [-0.4, -0.2) is 4.98 Å². The standard InChI is InChI=1S/C8H6ClF5N2/c9-4-1-3(2-15)5(7(10)11)16-6(4)8(12,13)14/h1,7H,2,15H2. The number of nitrogens with two attached hydrogens (primary N) is 1.